The summed E-state index contributed by atoms with van der Waals surface area (Å²) in [5.41, 5.74) is 0.757. The van der Waals surface area contributed by atoms with E-state index in [4.69, 9.17) is 14.2 Å². The summed E-state index contributed by atoms with van der Waals surface area (Å²) in [5.74, 6) is 1.75. The number of nitrogens with one attached hydrogen (secondary N) is 1. The number of nitro groups is 1. The van der Waals surface area contributed by atoms with Gasteiger partial charge in [-0.15, -0.1) is 0 Å². The average Bonchev–Trinajstić information content (AvgIpc) is 2.71. The van der Waals surface area contributed by atoms with Crippen LogP contribution in [0, 0.1) is 16.0 Å². The molecule has 156 valence electrons. The molecule has 0 saturated heterocycles. The summed E-state index contributed by atoms with van der Waals surface area (Å²) in [5, 5.41) is 13.5. The van der Waals surface area contributed by atoms with E-state index >= 15 is 0 Å². The fraction of sp³-hybridized carbons (Fsp3) is 0.381. The number of nitrogens with zero attached hydrogens (tertiary/aromatic N) is 1. The van der Waals surface area contributed by atoms with Crippen molar-refractivity contribution in [2.24, 2.45) is 5.92 Å². The van der Waals surface area contributed by atoms with Crippen molar-refractivity contribution in [1.29, 1.82) is 0 Å². The minimum atomic E-state index is -0.517. The van der Waals surface area contributed by atoms with Crippen LogP contribution in [-0.2, 0) is 11.3 Å². The third-order valence-corrected chi connectivity index (χ3v) is 4.07. The smallest absolute Gasteiger partial charge is 0.273 e. The number of benzene rings is 2. The molecule has 1 amide bonds. The minimum absolute atomic E-state index is 0.0919. The zero-order valence-corrected chi connectivity index (χ0v) is 16.8. The molecule has 0 aliphatic carbocycles. The summed E-state index contributed by atoms with van der Waals surface area (Å²) < 4.78 is 16.4. The third kappa shape index (κ3) is 7.33. The first-order chi connectivity index (χ1) is 13.9. The molecule has 8 heteroatoms. The van der Waals surface area contributed by atoms with Crippen LogP contribution < -0.4 is 19.5 Å². The minimum Gasteiger partial charge on any atom is -0.493 e. The van der Waals surface area contributed by atoms with Gasteiger partial charge in [0.05, 0.1) is 24.7 Å². The van der Waals surface area contributed by atoms with Crippen molar-refractivity contribution in [2.45, 2.75) is 26.8 Å². The highest BCUT2D eigenvalue weighted by Crippen LogP contribution is 2.28. The van der Waals surface area contributed by atoms with Crippen LogP contribution in [0.2, 0.25) is 0 Å². The Hall–Kier alpha value is -3.29. The number of non-ortho nitro benzene ring substituents is 1. The third-order valence-electron chi connectivity index (χ3n) is 4.07. The van der Waals surface area contributed by atoms with Gasteiger partial charge in [0, 0.05) is 12.6 Å². The lowest BCUT2D eigenvalue weighted by molar-refractivity contribution is -0.384. The Morgan fingerprint density at radius 3 is 2.62 bits per heavy atom. The molecule has 0 fully saturated rings. The highest BCUT2D eigenvalue weighted by atomic mass is 16.6. The van der Waals surface area contributed by atoms with E-state index in [1.165, 1.54) is 18.2 Å². The molecule has 2 rings (SSSR count). The van der Waals surface area contributed by atoms with Gasteiger partial charge in [-0.25, -0.2) is 0 Å². The summed E-state index contributed by atoms with van der Waals surface area (Å²) in [6, 6.07) is 11.2. The van der Waals surface area contributed by atoms with Crippen LogP contribution in [0.1, 0.15) is 25.8 Å². The number of carbonyl (C=O) groups excluding carboxylic acids is 1. The summed E-state index contributed by atoms with van der Waals surface area (Å²) >= 11 is 0. The maximum Gasteiger partial charge on any atom is 0.273 e. The largest absolute Gasteiger partial charge is 0.493 e. The molecule has 0 aromatic heterocycles. The van der Waals surface area contributed by atoms with E-state index in [0.29, 0.717) is 30.6 Å². The molecule has 2 aromatic rings. The number of methoxy groups -OCH3 is 1. The van der Waals surface area contributed by atoms with Gasteiger partial charge in [-0.05, 0) is 36.1 Å². The van der Waals surface area contributed by atoms with E-state index in [-0.39, 0.29) is 24.0 Å². The molecule has 8 nitrogen and oxygen atoms in total. The van der Waals surface area contributed by atoms with E-state index in [1.807, 2.05) is 18.2 Å². The van der Waals surface area contributed by atoms with Crippen molar-refractivity contribution in [1.82, 2.24) is 5.32 Å². The molecule has 1 N–H and O–H groups in total. The van der Waals surface area contributed by atoms with Gasteiger partial charge in [0.15, 0.2) is 18.1 Å². The van der Waals surface area contributed by atoms with Crippen LogP contribution >= 0.6 is 0 Å². The zero-order chi connectivity index (χ0) is 21.2. The van der Waals surface area contributed by atoms with Crippen LogP contribution in [0.15, 0.2) is 42.5 Å². The van der Waals surface area contributed by atoms with Crippen LogP contribution in [0.25, 0.3) is 0 Å². The number of nitro benzene ring substituents is 1. The van der Waals surface area contributed by atoms with Crippen molar-refractivity contribution >= 4 is 11.6 Å². The Labute approximate surface area is 169 Å². The number of rotatable bonds is 11. The standard InChI is InChI=1S/C21H26N2O6/c1-15(2)9-10-28-19-8-7-16(11-20(19)27-3)13-22-21(24)14-29-18-6-4-5-17(12-18)23(25)26/h4-8,11-12,15H,9-10,13-14H2,1-3H3,(H,22,24). The number of hydrogen-bond acceptors (Lipinski definition) is 6. The molecule has 2 aromatic carbocycles. The molecule has 0 spiro atoms. The van der Waals surface area contributed by atoms with Gasteiger partial charge in [-0.1, -0.05) is 26.0 Å². The molecular formula is C21H26N2O6. The van der Waals surface area contributed by atoms with Gasteiger partial charge >= 0.3 is 0 Å². The van der Waals surface area contributed by atoms with Gasteiger partial charge in [-0.2, -0.15) is 0 Å². The molecule has 0 aliphatic heterocycles. The van der Waals surface area contributed by atoms with E-state index in [9.17, 15) is 14.9 Å². The number of amides is 1. The van der Waals surface area contributed by atoms with E-state index in [2.05, 4.69) is 19.2 Å². The second kappa shape index (κ2) is 10.9. The van der Waals surface area contributed by atoms with Crippen molar-refractivity contribution in [2.75, 3.05) is 20.3 Å². The van der Waals surface area contributed by atoms with Gasteiger partial charge < -0.3 is 19.5 Å². The highest BCUT2D eigenvalue weighted by Gasteiger charge is 2.10. The fourth-order valence-electron chi connectivity index (χ4n) is 2.43. The molecule has 0 bridgehead atoms. The van der Waals surface area contributed by atoms with Crippen molar-refractivity contribution in [3.05, 3.63) is 58.1 Å². The summed E-state index contributed by atoms with van der Waals surface area (Å²) in [6.07, 6.45) is 0.950. The predicted molar refractivity (Wildman–Crippen MR) is 108 cm³/mol. The predicted octanol–water partition coefficient (Wildman–Crippen LogP) is 3.72. The molecule has 29 heavy (non-hydrogen) atoms. The van der Waals surface area contributed by atoms with Crippen LogP contribution in [-0.4, -0.2) is 31.2 Å². The van der Waals surface area contributed by atoms with Crippen molar-refractivity contribution in [3.63, 3.8) is 0 Å². The van der Waals surface area contributed by atoms with Gasteiger partial charge in [0.1, 0.15) is 5.75 Å². The molecule has 0 aliphatic rings. The first kappa shape index (κ1) is 22.0. The Morgan fingerprint density at radius 1 is 1.14 bits per heavy atom. The lowest BCUT2D eigenvalue weighted by Gasteiger charge is -2.13. The monoisotopic (exact) mass is 402 g/mol. The number of carbonyl (C=O) groups is 1. The van der Waals surface area contributed by atoms with E-state index in [0.717, 1.165) is 12.0 Å². The van der Waals surface area contributed by atoms with Gasteiger partial charge in [0.2, 0.25) is 0 Å². The first-order valence-corrected chi connectivity index (χ1v) is 9.32. The van der Waals surface area contributed by atoms with Crippen LogP contribution in [0.3, 0.4) is 0 Å². The van der Waals surface area contributed by atoms with Crippen molar-refractivity contribution < 1.29 is 23.9 Å². The molecule has 0 unspecified atom stereocenters. The quantitative estimate of drug-likeness (QED) is 0.454. The van der Waals surface area contributed by atoms with E-state index < -0.39 is 4.92 Å². The Morgan fingerprint density at radius 2 is 1.93 bits per heavy atom. The maximum atomic E-state index is 12.0. The molecule has 0 radical (unpaired) electrons. The SMILES string of the molecule is COc1cc(CNC(=O)COc2cccc([N+](=O)[O-])c2)ccc1OCCC(C)C. The average molecular weight is 402 g/mol. The second-order valence-corrected chi connectivity index (χ2v) is 6.84. The van der Waals surface area contributed by atoms with E-state index in [1.54, 1.807) is 13.2 Å². The van der Waals surface area contributed by atoms with Crippen LogP contribution in [0.4, 0.5) is 5.69 Å². The number of ether oxygens (including phenoxy) is 3. The Balaban J connectivity index is 1.84. The van der Waals surface area contributed by atoms with Crippen LogP contribution in [0.5, 0.6) is 17.2 Å². The van der Waals surface area contributed by atoms with Gasteiger partial charge in [-0.3, -0.25) is 14.9 Å². The highest BCUT2D eigenvalue weighted by molar-refractivity contribution is 5.77. The topological polar surface area (TPSA) is 99.9 Å². The Bertz CT molecular complexity index is 838. The zero-order valence-electron chi connectivity index (χ0n) is 16.8. The van der Waals surface area contributed by atoms with Gasteiger partial charge in [0.25, 0.3) is 11.6 Å². The molecule has 0 heterocycles. The summed E-state index contributed by atoms with van der Waals surface area (Å²) in [4.78, 5) is 22.3. The molecular weight excluding hydrogens is 376 g/mol. The summed E-state index contributed by atoms with van der Waals surface area (Å²) in [7, 11) is 1.57. The molecule has 0 saturated carbocycles. The second-order valence-electron chi connectivity index (χ2n) is 6.84. The lowest BCUT2D eigenvalue weighted by atomic mass is 10.1. The van der Waals surface area contributed by atoms with Crippen molar-refractivity contribution in [3.8, 4) is 17.2 Å². The number of hydrogen-bond donors (Lipinski definition) is 1. The molecule has 0 atom stereocenters. The Kier molecular flexibility index (Phi) is 8.27. The first-order valence-electron chi connectivity index (χ1n) is 9.32. The normalized spacial score (nSPS) is 10.5. The summed E-state index contributed by atoms with van der Waals surface area (Å²) in [6.45, 7) is 4.93. The maximum absolute atomic E-state index is 12.0. The lowest BCUT2D eigenvalue weighted by Crippen LogP contribution is -2.28. The fourth-order valence-corrected chi connectivity index (χ4v) is 2.43.